The number of hydrogen-bond acceptors (Lipinski definition) is 4. The zero-order chi connectivity index (χ0) is 15.4. The van der Waals surface area contributed by atoms with E-state index in [1.54, 1.807) is 0 Å². The fourth-order valence-corrected chi connectivity index (χ4v) is 3.13. The highest BCUT2D eigenvalue weighted by Crippen LogP contribution is 2.29. The van der Waals surface area contributed by atoms with Crippen molar-refractivity contribution in [1.82, 2.24) is 14.5 Å². The lowest BCUT2D eigenvalue weighted by molar-refractivity contribution is -0.133. The molecule has 0 aliphatic heterocycles. The van der Waals surface area contributed by atoms with E-state index in [9.17, 15) is 4.79 Å². The van der Waals surface area contributed by atoms with E-state index in [4.69, 9.17) is 16.7 Å². The van der Waals surface area contributed by atoms with Gasteiger partial charge in [0, 0.05) is 6.54 Å². The predicted molar refractivity (Wildman–Crippen MR) is 86.3 cm³/mol. The third kappa shape index (κ3) is 4.12. The Balaban J connectivity index is 2.31. The molecule has 5 nitrogen and oxygen atoms in total. The molecule has 0 spiro atoms. The first-order chi connectivity index (χ1) is 9.99. The first-order valence-corrected chi connectivity index (χ1v) is 7.99. The van der Waals surface area contributed by atoms with Gasteiger partial charge in [0.25, 0.3) is 0 Å². The number of hydrogen-bond donors (Lipinski definition) is 1. The number of aliphatic carboxylic acids is 1. The van der Waals surface area contributed by atoms with Gasteiger partial charge in [0.05, 0.1) is 21.8 Å². The number of aromatic nitrogens is 2. The predicted octanol–water partition coefficient (Wildman–Crippen LogP) is 2.82. The molecule has 0 bridgehead atoms. The van der Waals surface area contributed by atoms with E-state index >= 15 is 0 Å². The number of benzene rings is 1. The molecule has 21 heavy (non-hydrogen) atoms. The van der Waals surface area contributed by atoms with Crippen LogP contribution in [0.1, 0.15) is 6.42 Å². The van der Waals surface area contributed by atoms with Crippen LogP contribution in [-0.4, -0.2) is 51.9 Å². The van der Waals surface area contributed by atoms with Crippen molar-refractivity contribution in [1.29, 1.82) is 0 Å². The summed E-state index contributed by atoms with van der Waals surface area (Å²) >= 11 is 7.51. The number of carbonyl (C=O) groups is 1. The maximum absolute atomic E-state index is 10.8. The van der Waals surface area contributed by atoms with Gasteiger partial charge in [-0.15, -0.1) is 0 Å². The molecule has 0 aliphatic rings. The minimum atomic E-state index is -0.849. The van der Waals surface area contributed by atoms with Crippen LogP contribution in [0.15, 0.2) is 23.4 Å². The van der Waals surface area contributed by atoms with Crippen LogP contribution in [0.5, 0.6) is 0 Å². The number of thioether (sulfide) groups is 1. The highest BCUT2D eigenvalue weighted by Gasteiger charge is 2.14. The van der Waals surface area contributed by atoms with Crippen LogP contribution in [-0.2, 0) is 11.3 Å². The van der Waals surface area contributed by atoms with E-state index < -0.39 is 5.97 Å². The summed E-state index contributed by atoms with van der Waals surface area (Å²) in [5.74, 6) is -0.854. The van der Waals surface area contributed by atoms with Crippen LogP contribution in [0.3, 0.4) is 0 Å². The Morgan fingerprint density at radius 1 is 1.48 bits per heavy atom. The van der Waals surface area contributed by atoms with E-state index in [0.717, 1.165) is 30.5 Å². The fraction of sp³-hybridized carbons (Fsp3) is 0.429. The summed E-state index contributed by atoms with van der Waals surface area (Å²) in [4.78, 5) is 17.4. The molecular weight excluding hydrogens is 310 g/mol. The molecule has 1 heterocycles. The molecule has 7 heteroatoms. The van der Waals surface area contributed by atoms with Crippen molar-refractivity contribution in [3.05, 3.63) is 23.2 Å². The Labute approximate surface area is 132 Å². The van der Waals surface area contributed by atoms with Gasteiger partial charge in [-0.3, -0.25) is 4.79 Å². The van der Waals surface area contributed by atoms with Crippen LogP contribution < -0.4 is 0 Å². The van der Waals surface area contributed by atoms with E-state index in [2.05, 4.69) is 9.88 Å². The standard InChI is InChI=1S/C14H18ClN3O2S/c1-17(2)7-4-8-18-13-10(15)5-3-6-11(13)16-14(18)21-9-12(19)20/h3,5-6H,4,7-9H2,1-2H3,(H,19,20). The highest BCUT2D eigenvalue weighted by atomic mass is 35.5. The van der Waals surface area contributed by atoms with Gasteiger partial charge in [-0.2, -0.15) is 0 Å². The van der Waals surface area contributed by atoms with Crippen molar-refractivity contribution in [2.45, 2.75) is 18.1 Å². The normalized spacial score (nSPS) is 11.4. The fourth-order valence-electron chi connectivity index (χ4n) is 2.11. The van der Waals surface area contributed by atoms with Crippen molar-refractivity contribution < 1.29 is 9.90 Å². The van der Waals surface area contributed by atoms with Crippen molar-refractivity contribution >= 4 is 40.4 Å². The van der Waals surface area contributed by atoms with Gasteiger partial charge < -0.3 is 14.6 Å². The van der Waals surface area contributed by atoms with Crippen molar-refractivity contribution in [3.63, 3.8) is 0 Å². The summed E-state index contributed by atoms with van der Waals surface area (Å²) in [6.45, 7) is 1.72. The summed E-state index contributed by atoms with van der Waals surface area (Å²) in [5.41, 5.74) is 1.69. The number of para-hydroxylation sites is 1. The van der Waals surface area contributed by atoms with Crippen molar-refractivity contribution in [3.8, 4) is 0 Å². The van der Waals surface area contributed by atoms with Crippen molar-refractivity contribution in [2.24, 2.45) is 0 Å². The first kappa shape index (κ1) is 16.1. The summed E-state index contributed by atoms with van der Waals surface area (Å²) < 4.78 is 2.02. The monoisotopic (exact) mass is 327 g/mol. The molecule has 0 saturated carbocycles. The Morgan fingerprint density at radius 2 is 2.24 bits per heavy atom. The molecule has 0 fully saturated rings. The number of carboxylic acids is 1. The summed E-state index contributed by atoms with van der Waals surface area (Å²) in [6, 6.07) is 5.58. The number of carboxylic acid groups (broad SMARTS) is 1. The second kappa shape index (κ2) is 7.15. The number of fused-ring (bicyclic) bond motifs is 1. The minimum Gasteiger partial charge on any atom is -0.481 e. The summed E-state index contributed by atoms with van der Waals surface area (Å²) in [5, 5.41) is 10.2. The largest absolute Gasteiger partial charge is 0.481 e. The number of nitrogens with zero attached hydrogens (tertiary/aromatic N) is 3. The average Bonchev–Trinajstić information content (AvgIpc) is 2.75. The van der Waals surface area contributed by atoms with Gasteiger partial charge in [0.1, 0.15) is 0 Å². The smallest absolute Gasteiger partial charge is 0.313 e. The molecule has 2 rings (SSSR count). The third-order valence-electron chi connectivity index (χ3n) is 2.99. The lowest BCUT2D eigenvalue weighted by Gasteiger charge is -2.12. The molecule has 0 unspecified atom stereocenters. The molecule has 0 amide bonds. The molecule has 0 atom stereocenters. The van der Waals surface area contributed by atoms with Crippen LogP contribution in [0, 0.1) is 0 Å². The maximum atomic E-state index is 10.8. The zero-order valence-corrected chi connectivity index (χ0v) is 13.6. The Hall–Kier alpha value is -1.24. The zero-order valence-electron chi connectivity index (χ0n) is 12.0. The van der Waals surface area contributed by atoms with Gasteiger partial charge in [-0.05, 0) is 39.2 Å². The number of rotatable bonds is 7. The Morgan fingerprint density at radius 3 is 2.90 bits per heavy atom. The lowest BCUT2D eigenvalue weighted by atomic mass is 10.3. The summed E-state index contributed by atoms with van der Waals surface area (Å²) in [7, 11) is 4.05. The molecule has 1 aromatic heterocycles. The van der Waals surface area contributed by atoms with Crippen molar-refractivity contribution in [2.75, 3.05) is 26.4 Å². The van der Waals surface area contributed by atoms with Crippen LogP contribution >= 0.6 is 23.4 Å². The molecule has 0 saturated heterocycles. The lowest BCUT2D eigenvalue weighted by Crippen LogP contribution is -2.15. The molecular formula is C14H18ClN3O2S. The molecule has 0 radical (unpaired) electrons. The summed E-state index contributed by atoms with van der Waals surface area (Å²) in [6.07, 6.45) is 0.949. The third-order valence-corrected chi connectivity index (χ3v) is 4.26. The van der Waals surface area contributed by atoms with E-state index in [1.807, 2.05) is 36.9 Å². The van der Waals surface area contributed by atoms with Gasteiger partial charge in [0.15, 0.2) is 5.16 Å². The molecule has 0 aliphatic carbocycles. The SMILES string of the molecule is CN(C)CCCn1c(SCC(=O)O)nc2cccc(Cl)c21. The quantitative estimate of drug-likeness (QED) is 0.792. The molecule has 1 aromatic carbocycles. The maximum Gasteiger partial charge on any atom is 0.313 e. The second-order valence-electron chi connectivity index (χ2n) is 4.99. The highest BCUT2D eigenvalue weighted by molar-refractivity contribution is 7.99. The number of halogens is 1. The van der Waals surface area contributed by atoms with Crippen LogP contribution in [0.4, 0.5) is 0 Å². The van der Waals surface area contributed by atoms with E-state index in [-0.39, 0.29) is 5.75 Å². The minimum absolute atomic E-state index is 0.00534. The van der Waals surface area contributed by atoms with Gasteiger partial charge in [-0.1, -0.05) is 29.4 Å². The molecule has 1 N–H and O–H groups in total. The molecule has 114 valence electrons. The van der Waals surface area contributed by atoms with Crippen LogP contribution in [0.25, 0.3) is 11.0 Å². The average molecular weight is 328 g/mol. The topological polar surface area (TPSA) is 58.4 Å². The molecule has 2 aromatic rings. The van der Waals surface area contributed by atoms with E-state index in [0.29, 0.717) is 10.2 Å². The van der Waals surface area contributed by atoms with Crippen LogP contribution in [0.2, 0.25) is 5.02 Å². The van der Waals surface area contributed by atoms with Gasteiger partial charge in [-0.25, -0.2) is 4.98 Å². The van der Waals surface area contributed by atoms with Gasteiger partial charge in [0.2, 0.25) is 0 Å². The van der Waals surface area contributed by atoms with Gasteiger partial charge >= 0.3 is 5.97 Å². The Kier molecular flexibility index (Phi) is 5.50. The number of imidazole rings is 1. The van der Waals surface area contributed by atoms with E-state index in [1.165, 1.54) is 11.8 Å². The number of aryl methyl sites for hydroxylation is 1. The first-order valence-electron chi connectivity index (χ1n) is 6.63. The second-order valence-corrected chi connectivity index (χ2v) is 6.34. The Bertz CT molecular complexity index is 642.